The van der Waals surface area contributed by atoms with Crippen molar-refractivity contribution in [2.75, 3.05) is 5.32 Å². The number of hydrogen-bond acceptors (Lipinski definition) is 4. The van der Waals surface area contributed by atoms with Crippen LogP contribution in [-0.2, 0) is 6.54 Å². The first-order valence-corrected chi connectivity index (χ1v) is 6.18. The number of halogens is 2. The maximum atomic E-state index is 5.82. The molecule has 0 aliphatic rings. The van der Waals surface area contributed by atoms with Gasteiger partial charge in [-0.05, 0) is 28.1 Å². The molecule has 0 aliphatic carbocycles. The highest BCUT2D eigenvalue weighted by Gasteiger charge is 1.99. The Morgan fingerprint density at radius 1 is 1.33 bits per heavy atom. The lowest BCUT2D eigenvalue weighted by atomic mass is 10.4. The van der Waals surface area contributed by atoms with Crippen LogP contribution >= 0.6 is 38.9 Å². The normalized spacial score (nSPS) is 10.3. The minimum absolute atomic E-state index is 0.716. The maximum Gasteiger partial charge on any atom is 0.144 e. The summed E-state index contributed by atoms with van der Waals surface area (Å²) in [6, 6.07) is 3.88. The zero-order valence-electron chi connectivity index (χ0n) is 7.58. The van der Waals surface area contributed by atoms with E-state index in [4.69, 9.17) is 11.6 Å². The fourth-order valence-electron chi connectivity index (χ4n) is 1.03. The van der Waals surface area contributed by atoms with Crippen LogP contribution < -0.4 is 5.32 Å². The average molecular weight is 305 g/mol. The molecule has 2 aromatic rings. The molecular formula is C9H7BrClN3S. The average Bonchev–Trinajstić information content (AvgIpc) is 2.64. The van der Waals surface area contributed by atoms with E-state index in [0.29, 0.717) is 6.54 Å². The second-order valence-corrected chi connectivity index (χ2v) is 5.40. The van der Waals surface area contributed by atoms with Crippen molar-refractivity contribution in [3.8, 4) is 0 Å². The number of nitrogens with zero attached hydrogens (tertiary/aromatic N) is 2. The van der Waals surface area contributed by atoms with Crippen LogP contribution in [0.4, 0.5) is 5.82 Å². The first-order valence-electron chi connectivity index (χ1n) is 4.19. The molecule has 0 saturated heterocycles. The van der Waals surface area contributed by atoms with Gasteiger partial charge >= 0.3 is 0 Å². The number of rotatable bonds is 3. The molecule has 0 amide bonds. The van der Waals surface area contributed by atoms with E-state index in [1.54, 1.807) is 23.7 Å². The van der Waals surface area contributed by atoms with Gasteiger partial charge in [0.1, 0.15) is 10.4 Å². The molecule has 0 aliphatic heterocycles. The molecule has 2 heterocycles. The Labute approximate surface area is 105 Å². The van der Waals surface area contributed by atoms with Crippen molar-refractivity contribution in [3.63, 3.8) is 0 Å². The molecule has 0 atom stereocenters. The van der Waals surface area contributed by atoms with Gasteiger partial charge in [0.2, 0.25) is 0 Å². The third-order valence-electron chi connectivity index (χ3n) is 1.69. The first kappa shape index (κ1) is 10.9. The van der Waals surface area contributed by atoms with Crippen molar-refractivity contribution in [1.82, 2.24) is 9.97 Å². The fourth-order valence-corrected chi connectivity index (χ4v) is 2.26. The van der Waals surface area contributed by atoms with Crippen molar-refractivity contribution < 1.29 is 0 Å². The van der Waals surface area contributed by atoms with Crippen molar-refractivity contribution in [2.45, 2.75) is 6.54 Å². The Balaban J connectivity index is 1.96. The minimum atomic E-state index is 0.716. The lowest BCUT2D eigenvalue weighted by Crippen LogP contribution is -1.99. The third kappa shape index (κ3) is 3.15. The number of thiophene rings is 1. The quantitative estimate of drug-likeness (QED) is 0.942. The van der Waals surface area contributed by atoms with Gasteiger partial charge in [-0.2, -0.15) is 0 Å². The molecule has 1 N–H and O–H groups in total. The van der Waals surface area contributed by atoms with E-state index in [-0.39, 0.29) is 0 Å². The van der Waals surface area contributed by atoms with Gasteiger partial charge in [0.05, 0.1) is 23.3 Å². The van der Waals surface area contributed by atoms with Crippen molar-refractivity contribution in [1.29, 1.82) is 0 Å². The predicted octanol–water partition coefficient (Wildman–Crippen LogP) is 3.57. The second-order valence-electron chi connectivity index (χ2n) is 2.78. The highest BCUT2D eigenvalue weighted by Crippen LogP contribution is 2.21. The van der Waals surface area contributed by atoms with E-state index < -0.39 is 0 Å². The molecule has 3 nitrogen and oxygen atoms in total. The van der Waals surface area contributed by atoms with Gasteiger partial charge in [0.25, 0.3) is 0 Å². The van der Waals surface area contributed by atoms with E-state index >= 15 is 0 Å². The Morgan fingerprint density at radius 2 is 2.20 bits per heavy atom. The van der Waals surface area contributed by atoms with Crippen molar-refractivity contribution in [2.24, 2.45) is 0 Å². The van der Waals surface area contributed by atoms with Gasteiger partial charge in [0.15, 0.2) is 0 Å². The number of hydrogen-bond donors (Lipinski definition) is 1. The fraction of sp³-hybridized carbons (Fsp3) is 0.111. The first-order chi connectivity index (χ1) is 7.24. The van der Waals surface area contributed by atoms with Crippen molar-refractivity contribution >= 4 is 44.7 Å². The van der Waals surface area contributed by atoms with E-state index in [1.165, 1.54) is 4.88 Å². The largest absolute Gasteiger partial charge is 0.364 e. The topological polar surface area (TPSA) is 37.8 Å². The summed E-state index contributed by atoms with van der Waals surface area (Å²) in [7, 11) is 0. The van der Waals surface area contributed by atoms with E-state index in [1.807, 2.05) is 12.1 Å². The van der Waals surface area contributed by atoms with Crippen LogP contribution in [-0.4, -0.2) is 9.97 Å². The van der Waals surface area contributed by atoms with Gasteiger partial charge in [0, 0.05) is 4.88 Å². The second kappa shape index (κ2) is 4.92. The number of anilines is 1. The molecule has 0 radical (unpaired) electrons. The number of aromatic nitrogens is 2. The molecule has 2 rings (SSSR count). The summed E-state index contributed by atoms with van der Waals surface area (Å²) in [5, 5.41) is 3.16. The van der Waals surface area contributed by atoms with Crippen LogP contribution in [0.15, 0.2) is 29.1 Å². The van der Waals surface area contributed by atoms with Gasteiger partial charge in [-0.15, -0.1) is 11.3 Å². The lowest BCUT2D eigenvalue weighted by molar-refractivity contribution is 1.09. The van der Waals surface area contributed by atoms with Crippen LogP contribution in [0.5, 0.6) is 0 Å². The summed E-state index contributed by atoms with van der Waals surface area (Å²) < 4.78 is 1.53. The van der Waals surface area contributed by atoms with Gasteiger partial charge in [-0.25, -0.2) is 9.97 Å². The Morgan fingerprint density at radius 3 is 2.80 bits per heavy atom. The SMILES string of the molecule is Clc1ccc(CNc2cnc(Br)cn2)s1. The third-order valence-corrected chi connectivity index (χ3v) is 3.33. The molecule has 2 aromatic heterocycles. The van der Waals surface area contributed by atoms with Gasteiger partial charge < -0.3 is 5.32 Å². The van der Waals surface area contributed by atoms with Gasteiger partial charge in [-0.1, -0.05) is 11.6 Å². The summed E-state index contributed by atoms with van der Waals surface area (Å²) in [4.78, 5) is 9.39. The molecular weight excluding hydrogens is 298 g/mol. The van der Waals surface area contributed by atoms with E-state index in [0.717, 1.165) is 14.8 Å². The summed E-state index contributed by atoms with van der Waals surface area (Å²) in [6.45, 7) is 0.716. The molecule has 0 saturated carbocycles. The monoisotopic (exact) mass is 303 g/mol. The summed E-state index contributed by atoms with van der Waals surface area (Å²) in [5.41, 5.74) is 0. The van der Waals surface area contributed by atoms with E-state index in [9.17, 15) is 0 Å². The molecule has 0 unspecified atom stereocenters. The highest BCUT2D eigenvalue weighted by atomic mass is 79.9. The molecule has 0 fully saturated rings. The number of nitrogens with one attached hydrogen (secondary N) is 1. The minimum Gasteiger partial charge on any atom is -0.364 e. The van der Waals surface area contributed by atoms with Gasteiger partial charge in [-0.3, -0.25) is 0 Å². The maximum absolute atomic E-state index is 5.82. The van der Waals surface area contributed by atoms with Crippen LogP contribution in [0.25, 0.3) is 0 Å². The molecule has 0 spiro atoms. The van der Waals surface area contributed by atoms with Crippen LogP contribution in [0.1, 0.15) is 4.88 Å². The van der Waals surface area contributed by atoms with Crippen LogP contribution in [0, 0.1) is 0 Å². The lowest BCUT2D eigenvalue weighted by Gasteiger charge is -2.02. The predicted molar refractivity (Wildman–Crippen MR) is 66.4 cm³/mol. The van der Waals surface area contributed by atoms with Crippen molar-refractivity contribution in [3.05, 3.63) is 38.3 Å². The van der Waals surface area contributed by atoms with Crippen LogP contribution in [0.2, 0.25) is 4.34 Å². The summed E-state index contributed by atoms with van der Waals surface area (Å²) in [6.07, 6.45) is 3.34. The standard InChI is InChI=1S/C9H7BrClN3S/c10-7-4-14-9(5-12-7)13-3-6-1-2-8(11)15-6/h1-2,4-5H,3H2,(H,13,14). The Kier molecular flexibility index (Phi) is 3.56. The zero-order chi connectivity index (χ0) is 10.7. The van der Waals surface area contributed by atoms with Crippen LogP contribution in [0.3, 0.4) is 0 Å². The smallest absolute Gasteiger partial charge is 0.144 e. The molecule has 15 heavy (non-hydrogen) atoms. The van der Waals surface area contributed by atoms with E-state index in [2.05, 4.69) is 31.2 Å². The molecule has 6 heteroatoms. The molecule has 78 valence electrons. The summed E-state index contributed by atoms with van der Waals surface area (Å²) in [5.74, 6) is 0.753. The molecule has 0 aromatic carbocycles. The summed E-state index contributed by atoms with van der Waals surface area (Å²) >= 11 is 10.6. The Hall–Kier alpha value is -0.650. The Bertz CT molecular complexity index is 443. The zero-order valence-corrected chi connectivity index (χ0v) is 10.7. The highest BCUT2D eigenvalue weighted by molar-refractivity contribution is 9.10. The molecule has 0 bridgehead atoms.